The summed E-state index contributed by atoms with van der Waals surface area (Å²) in [7, 11) is 0. The summed E-state index contributed by atoms with van der Waals surface area (Å²) in [5.41, 5.74) is 0. The molecule has 0 saturated carbocycles. The Morgan fingerprint density at radius 2 is 2.37 bits per heavy atom. The molecular formula is C13H21N3O2S. The second kappa shape index (κ2) is 6.32. The van der Waals surface area contributed by atoms with Crippen LogP contribution in [0.5, 0.6) is 0 Å². The van der Waals surface area contributed by atoms with Gasteiger partial charge in [0.05, 0.1) is 0 Å². The number of hydrogen-bond donors (Lipinski definition) is 1. The lowest BCUT2D eigenvalue weighted by Crippen LogP contribution is -2.35. The predicted molar refractivity (Wildman–Crippen MR) is 75.8 cm³/mol. The molecule has 1 aromatic rings. The number of carboxylic acid groups (broad SMARTS) is 1. The van der Waals surface area contributed by atoms with Gasteiger partial charge >= 0.3 is 5.97 Å². The van der Waals surface area contributed by atoms with Crippen LogP contribution < -0.4 is 4.90 Å². The normalized spacial score (nSPS) is 19.9. The van der Waals surface area contributed by atoms with Gasteiger partial charge in [-0.2, -0.15) is 4.37 Å². The van der Waals surface area contributed by atoms with Crippen molar-refractivity contribution in [1.29, 1.82) is 0 Å². The van der Waals surface area contributed by atoms with E-state index in [1.807, 2.05) is 0 Å². The largest absolute Gasteiger partial charge is 0.481 e. The third-order valence-corrected chi connectivity index (χ3v) is 4.29. The molecule has 1 unspecified atom stereocenters. The zero-order valence-electron chi connectivity index (χ0n) is 11.5. The summed E-state index contributed by atoms with van der Waals surface area (Å²) < 4.78 is 4.38. The van der Waals surface area contributed by atoms with Crippen LogP contribution in [0.4, 0.5) is 5.13 Å². The zero-order valence-corrected chi connectivity index (χ0v) is 12.3. The van der Waals surface area contributed by atoms with E-state index < -0.39 is 5.97 Å². The van der Waals surface area contributed by atoms with Crippen molar-refractivity contribution in [2.45, 2.75) is 45.4 Å². The van der Waals surface area contributed by atoms with Gasteiger partial charge in [0.2, 0.25) is 5.13 Å². The standard InChI is InChI=1S/C13H21N3O2S/c1-9(2)12-14-13(19-15-12)16-7-3-4-10(8-16)5-6-11(17)18/h9-10H,3-8H2,1-2H3,(H,17,18). The maximum absolute atomic E-state index is 10.6. The van der Waals surface area contributed by atoms with Crippen LogP contribution in [0.15, 0.2) is 0 Å². The molecule has 0 aromatic carbocycles. The minimum atomic E-state index is -0.699. The quantitative estimate of drug-likeness (QED) is 0.900. The summed E-state index contributed by atoms with van der Waals surface area (Å²) in [6.45, 7) is 6.12. The van der Waals surface area contributed by atoms with Crippen molar-refractivity contribution in [3.63, 3.8) is 0 Å². The van der Waals surface area contributed by atoms with Crippen molar-refractivity contribution in [2.75, 3.05) is 18.0 Å². The van der Waals surface area contributed by atoms with Crippen molar-refractivity contribution in [2.24, 2.45) is 5.92 Å². The third-order valence-electron chi connectivity index (χ3n) is 3.50. The van der Waals surface area contributed by atoms with E-state index in [-0.39, 0.29) is 6.42 Å². The van der Waals surface area contributed by atoms with Gasteiger partial charge in [-0.05, 0) is 25.2 Å². The molecule has 106 valence electrons. The molecule has 1 fully saturated rings. The number of anilines is 1. The molecule has 1 saturated heterocycles. The van der Waals surface area contributed by atoms with Crippen LogP contribution in [0.25, 0.3) is 0 Å². The van der Waals surface area contributed by atoms with Gasteiger partial charge in [-0.3, -0.25) is 4.79 Å². The SMILES string of the molecule is CC(C)c1nsc(N2CCCC(CCC(=O)O)C2)n1. The first-order valence-corrected chi connectivity index (χ1v) is 7.64. The number of aliphatic carboxylic acids is 1. The minimum Gasteiger partial charge on any atom is -0.481 e. The summed E-state index contributed by atoms with van der Waals surface area (Å²) in [4.78, 5) is 17.5. The zero-order chi connectivity index (χ0) is 13.8. The Hall–Kier alpha value is -1.17. The van der Waals surface area contributed by atoms with E-state index in [1.54, 1.807) is 0 Å². The Morgan fingerprint density at radius 3 is 3.00 bits per heavy atom. The van der Waals surface area contributed by atoms with E-state index in [2.05, 4.69) is 28.1 Å². The summed E-state index contributed by atoms with van der Waals surface area (Å²) in [5.74, 6) is 1.04. The highest BCUT2D eigenvalue weighted by Crippen LogP contribution is 2.28. The Labute approximate surface area is 117 Å². The van der Waals surface area contributed by atoms with Gasteiger partial charge in [-0.25, -0.2) is 4.98 Å². The van der Waals surface area contributed by atoms with E-state index in [1.165, 1.54) is 11.5 Å². The maximum Gasteiger partial charge on any atom is 0.303 e. The van der Waals surface area contributed by atoms with Crippen LogP contribution in [-0.2, 0) is 4.79 Å². The van der Waals surface area contributed by atoms with Gasteiger partial charge in [-0.15, -0.1) is 0 Å². The number of carboxylic acids is 1. The Morgan fingerprint density at radius 1 is 1.58 bits per heavy atom. The number of nitrogens with zero attached hydrogens (tertiary/aromatic N) is 3. The smallest absolute Gasteiger partial charge is 0.303 e. The fourth-order valence-corrected chi connectivity index (χ4v) is 3.23. The number of hydrogen-bond acceptors (Lipinski definition) is 5. The average molecular weight is 283 g/mol. The fourth-order valence-electron chi connectivity index (χ4n) is 2.39. The van der Waals surface area contributed by atoms with E-state index in [0.29, 0.717) is 11.8 Å². The molecule has 0 bridgehead atoms. The van der Waals surface area contributed by atoms with E-state index >= 15 is 0 Å². The van der Waals surface area contributed by atoms with Gasteiger partial charge < -0.3 is 10.0 Å². The first-order chi connectivity index (χ1) is 9.06. The number of piperidine rings is 1. The number of rotatable bonds is 5. The van der Waals surface area contributed by atoms with E-state index in [9.17, 15) is 4.79 Å². The van der Waals surface area contributed by atoms with Crippen LogP contribution in [0.1, 0.15) is 51.3 Å². The molecule has 2 rings (SSSR count). The van der Waals surface area contributed by atoms with Gasteiger partial charge in [-0.1, -0.05) is 13.8 Å². The summed E-state index contributed by atoms with van der Waals surface area (Å²) in [6, 6.07) is 0. The first kappa shape index (κ1) is 14.2. The van der Waals surface area contributed by atoms with Crippen LogP contribution in [0, 0.1) is 5.92 Å². The summed E-state index contributed by atoms with van der Waals surface area (Å²) in [6.07, 6.45) is 3.27. The first-order valence-electron chi connectivity index (χ1n) is 6.86. The molecule has 1 N–H and O–H groups in total. The molecule has 0 aliphatic carbocycles. The van der Waals surface area contributed by atoms with Crippen molar-refractivity contribution in [3.8, 4) is 0 Å². The molecule has 2 heterocycles. The molecular weight excluding hydrogens is 262 g/mol. The highest BCUT2D eigenvalue weighted by Gasteiger charge is 2.23. The maximum atomic E-state index is 10.6. The average Bonchev–Trinajstić information content (AvgIpc) is 2.86. The Balaban J connectivity index is 1.94. The molecule has 0 radical (unpaired) electrons. The second-order valence-electron chi connectivity index (χ2n) is 5.48. The summed E-state index contributed by atoms with van der Waals surface area (Å²) in [5, 5.41) is 9.75. The van der Waals surface area contributed by atoms with Crippen molar-refractivity contribution < 1.29 is 9.90 Å². The second-order valence-corrected chi connectivity index (χ2v) is 6.21. The van der Waals surface area contributed by atoms with Crippen LogP contribution >= 0.6 is 11.5 Å². The Kier molecular flexibility index (Phi) is 4.74. The lowest BCUT2D eigenvalue weighted by molar-refractivity contribution is -0.137. The van der Waals surface area contributed by atoms with Gasteiger partial charge in [0.1, 0.15) is 5.82 Å². The minimum absolute atomic E-state index is 0.270. The van der Waals surface area contributed by atoms with Crippen LogP contribution in [0.3, 0.4) is 0 Å². The van der Waals surface area contributed by atoms with E-state index in [4.69, 9.17) is 5.11 Å². The monoisotopic (exact) mass is 283 g/mol. The highest BCUT2D eigenvalue weighted by atomic mass is 32.1. The number of carbonyl (C=O) groups is 1. The molecule has 19 heavy (non-hydrogen) atoms. The highest BCUT2D eigenvalue weighted by molar-refractivity contribution is 7.09. The van der Waals surface area contributed by atoms with E-state index in [0.717, 1.165) is 43.3 Å². The van der Waals surface area contributed by atoms with Crippen LogP contribution in [-0.4, -0.2) is 33.5 Å². The van der Waals surface area contributed by atoms with Gasteiger partial charge in [0, 0.05) is 37.0 Å². The third kappa shape index (κ3) is 3.89. The Bertz CT molecular complexity index is 433. The van der Waals surface area contributed by atoms with Crippen molar-refractivity contribution in [1.82, 2.24) is 9.36 Å². The van der Waals surface area contributed by atoms with Gasteiger partial charge in [0.15, 0.2) is 0 Å². The van der Waals surface area contributed by atoms with Crippen LogP contribution in [0.2, 0.25) is 0 Å². The lowest BCUT2D eigenvalue weighted by atomic mass is 9.94. The molecule has 1 aromatic heterocycles. The molecule has 1 aliphatic heterocycles. The summed E-state index contributed by atoms with van der Waals surface area (Å²) >= 11 is 1.46. The number of aromatic nitrogens is 2. The van der Waals surface area contributed by atoms with Gasteiger partial charge in [0.25, 0.3) is 0 Å². The molecule has 5 nitrogen and oxygen atoms in total. The fraction of sp³-hybridized carbons (Fsp3) is 0.769. The molecule has 0 amide bonds. The van der Waals surface area contributed by atoms with Crippen molar-refractivity contribution >= 4 is 22.6 Å². The predicted octanol–water partition coefficient (Wildman–Crippen LogP) is 2.74. The topological polar surface area (TPSA) is 66.3 Å². The molecule has 1 aliphatic rings. The molecule has 6 heteroatoms. The van der Waals surface area contributed by atoms with Crippen molar-refractivity contribution in [3.05, 3.63) is 5.82 Å². The lowest BCUT2D eigenvalue weighted by Gasteiger charge is -2.32. The molecule has 1 atom stereocenters. The molecule has 0 spiro atoms.